The molecule has 0 heterocycles. The van der Waals surface area contributed by atoms with Gasteiger partial charge in [-0.3, -0.25) is 4.79 Å². The van der Waals surface area contributed by atoms with Crippen LogP contribution in [0.5, 0.6) is 0 Å². The number of carboxylic acid groups (broad SMARTS) is 1. The molecular weight excluding hydrogens is 235 g/mol. The molecule has 3 nitrogen and oxygen atoms in total. The molecule has 0 bridgehead atoms. The van der Waals surface area contributed by atoms with Crippen molar-refractivity contribution in [3.8, 4) is 0 Å². The number of aliphatic hydroxyl groups is 1. The lowest BCUT2D eigenvalue weighted by Crippen LogP contribution is -2.50. The van der Waals surface area contributed by atoms with Crippen molar-refractivity contribution in [2.75, 3.05) is 0 Å². The van der Waals surface area contributed by atoms with Crippen LogP contribution >= 0.6 is 11.6 Å². The van der Waals surface area contributed by atoms with Gasteiger partial charge in [0.1, 0.15) is 5.82 Å². The molecule has 0 unspecified atom stereocenters. The summed E-state index contributed by atoms with van der Waals surface area (Å²) < 4.78 is 13.1. The molecule has 0 aromatic heterocycles. The SMILES string of the molecule is O=C(O)C1(c2cc(F)ccc2Cl)CC(O)C1. The second-order valence-electron chi connectivity index (χ2n) is 4.07. The molecule has 0 amide bonds. The standard InChI is InChI=1S/C11H10ClFO3/c12-9-2-1-6(13)3-8(9)11(10(15)16)4-7(14)5-11/h1-3,7,14H,4-5H2,(H,15,16). The van der Waals surface area contributed by atoms with Crippen molar-refractivity contribution in [1.29, 1.82) is 0 Å². The lowest BCUT2D eigenvalue weighted by molar-refractivity contribution is -0.152. The van der Waals surface area contributed by atoms with E-state index in [9.17, 15) is 19.4 Å². The van der Waals surface area contributed by atoms with Gasteiger partial charge in [-0.1, -0.05) is 11.6 Å². The summed E-state index contributed by atoms with van der Waals surface area (Å²) in [6.07, 6.45) is -0.507. The van der Waals surface area contributed by atoms with E-state index >= 15 is 0 Å². The Kier molecular flexibility index (Phi) is 2.64. The van der Waals surface area contributed by atoms with Gasteiger partial charge in [0.25, 0.3) is 0 Å². The molecule has 1 aliphatic carbocycles. The molecule has 0 radical (unpaired) electrons. The van der Waals surface area contributed by atoms with E-state index in [0.29, 0.717) is 0 Å². The molecule has 0 atom stereocenters. The highest BCUT2D eigenvalue weighted by Gasteiger charge is 2.52. The molecule has 1 aromatic carbocycles. The number of halogens is 2. The van der Waals surface area contributed by atoms with Crippen molar-refractivity contribution in [3.63, 3.8) is 0 Å². The molecule has 0 saturated heterocycles. The van der Waals surface area contributed by atoms with E-state index in [0.717, 1.165) is 6.07 Å². The highest BCUT2D eigenvalue weighted by atomic mass is 35.5. The molecule has 2 rings (SSSR count). The average Bonchev–Trinajstić information content (AvgIpc) is 2.16. The van der Waals surface area contributed by atoms with E-state index in [1.54, 1.807) is 0 Å². The van der Waals surface area contributed by atoms with Gasteiger partial charge in [-0.25, -0.2) is 4.39 Å². The number of benzene rings is 1. The monoisotopic (exact) mass is 244 g/mol. The second-order valence-corrected chi connectivity index (χ2v) is 4.48. The van der Waals surface area contributed by atoms with Gasteiger partial charge in [0.15, 0.2) is 0 Å². The highest BCUT2D eigenvalue weighted by Crippen LogP contribution is 2.46. The summed E-state index contributed by atoms with van der Waals surface area (Å²) in [6.45, 7) is 0. The molecule has 5 heteroatoms. The maximum atomic E-state index is 13.1. The predicted molar refractivity (Wildman–Crippen MR) is 56.0 cm³/mol. The zero-order valence-corrected chi connectivity index (χ0v) is 9.04. The summed E-state index contributed by atoms with van der Waals surface area (Å²) >= 11 is 5.87. The molecule has 16 heavy (non-hydrogen) atoms. The van der Waals surface area contributed by atoms with Crippen LogP contribution in [0.25, 0.3) is 0 Å². The molecule has 1 aromatic rings. The minimum absolute atomic E-state index is 0.0749. The Morgan fingerprint density at radius 2 is 2.12 bits per heavy atom. The number of aliphatic hydroxyl groups excluding tert-OH is 1. The number of hydrogen-bond donors (Lipinski definition) is 2. The predicted octanol–water partition coefficient (Wildman–Crippen LogP) is 1.96. The Morgan fingerprint density at radius 1 is 1.50 bits per heavy atom. The normalized spacial score (nSPS) is 28.6. The third-order valence-electron chi connectivity index (χ3n) is 3.02. The molecule has 0 spiro atoms. The van der Waals surface area contributed by atoms with Crippen LogP contribution in [-0.2, 0) is 10.2 Å². The maximum Gasteiger partial charge on any atom is 0.314 e. The Balaban J connectivity index is 2.48. The highest BCUT2D eigenvalue weighted by molar-refractivity contribution is 6.31. The molecule has 0 aliphatic heterocycles. The maximum absolute atomic E-state index is 13.1. The van der Waals surface area contributed by atoms with Gasteiger partial charge in [0, 0.05) is 5.02 Å². The van der Waals surface area contributed by atoms with Gasteiger partial charge < -0.3 is 10.2 Å². The van der Waals surface area contributed by atoms with Gasteiger partial charge in [-0.15, -0.1) is 0 Å². The Morgan fingerprint density at radius 3 is 2.62 bits per heavy atom. The number of aliphatic carboxylic acids is 1. The zero-order chi connectivity index (χ0) is 11.9. The van der Waals surface area contributed by atoms with E-state index in [1.807, 2.05) is 0 Å². The fraction of sp³-hybridized carbons (Fsp3) is 0.364. The topological polar surface area (TPSA) is 57.5 Å². The lowest BCUT2D eigenvalue weighted by atomic mass is 9.62. The first-order chi connectivity index (χ1) is 7.45. The van der Waals surface area contributed by atoms with Crippen molar-refractivity contribution < 1.29 is 19.4 Å². The summed E-state index contributed by atoms with van der Waals surface area (Å²) in [5.74, 6) is -1.60. The van der Waals surface area contributed by atoms with E-state index < -0.39 is 23.3 Å². The summed E-state index contributed by atoms with van der Waals surface area (Å²) in [6, 6.07) is 3.64. The largest absolute Gasteiger partial charge is 0.481 e. The van der Waals surface area contributed by atoms with Crippen LogP contribution in [0.2, 0.25) is 5.02 Å². The number of carbonyl (C=O) groups is 1. The zero-order valence-electron chi connectivity index (χ0n) is 8.28. The van der Waals surface area contributed by atoms with Gasteiger partial charge >= 0.3 is 5.97 Å². The fourth-order valence-electron chi connectivity index (χ4n) is 2.12. The first-order valence-corrected chi connectivity index (χ1v) is 5.20. The van der Waals surface area contributed by atoms with E-state index in [2.05, 4.69) is 0 Å². The smallest absolute Gasteiger partial charge is 0.314 e. The Hall–Kier alpha value is -1.13. The molecular formula is C11H10ClFO3. The van der Waals surface area contributed by atoms with Crippen molar-refractivity contribution in [3.05, 3.63) is 34.6 Å². The number of rotatable bonds is 2. The quantitative estimate of drug-likeness (QED) is 0.836. The first-order valence-electron chi connectivity index (χ1n) is 4.83. The van der Waals surface area contributed by atoms with Crippen LogP contribution in [0, 0.1) is 5.82 Å². The number of hydrogen-bond acceptors (Lipinski definition) is 2. The molecule has 1 fully saturated rings. The minimum Gasteiger partial charge on any atom is -0.481 e. The van der Waals surface area contributed by atoms with Gasteiger partial charge in [0.2, 0.25) is 0 Å². The van der Waals surface area contributed by atoms with Crippen molar-refractivity contribution in [2.24, 2.45) is 0 Å². The summed E-state index contributed by atoms with van der Waals surface area (Å²) in [4.78, 5) is 11.2. The number of carboxylic acids is 1. The van der Waals surface area contributed by atoms with Crippen molar-refractivity contribution in [1.82, 2.24) is 0 Å². The van der Waals surface area contributed by atoms with Crippen LogP contribution in [-0.4, -0.2) is 22.3 Å². The van der Waals surface area contributed by atoms with Crippen LogP contribution in [0.4, 0.5) is 4.39 Å². The van der Waals surface area contributed by atoms with E-state index in [1.165, 1.54) is 12.1 Å². The van der Waals surface area contributed by atoms with E-state index in [4.69, 9.17) is 11.6 Å². The molecule has 86 valence electrons. The van der Waals surface area contributed by atoms with Crippen LogP contribution in [0.15, 0.2) is 18.2 Å². The lowest BCUT2D eigenvalue weighted by Gasteiger charge is -2.42. The summed E-state index contributed by atoms with van der Waals surface area (Å²) in [5.41, 5.74) is -0.995. The fourth-order valence-corrected chi connectivity index (χ4v) is 2.42. The second kappa shape index (κ2) is 3.71. The Bertz CT molecular complexity index is 441. The third-order valence-corrected chi connectivity index (χ3v) is 3.35. The minimum atomic E-state index is -1.24. The average molecular weight is 245 g/mol. The van der Waals surface area contributed by atoms with E-state index in [-0.39, 0.29) is 23.4 Å². The molecule has 2 N–H and O–H groups in total. The third kappa shape index (κ3) is 1.58. The Labute approximate surface area is 96.5 Å². The van der Waals surface area contributed by atoms with Crippen LogP contribution < -0.4 is 0 Å². The summed E-state index contributed by atoms with van der Waals surface area (Å²) in [5, 5.41) is 18.7. The van der Waals surface area contributed by atoms with Gasteiger partial charge in [-0.2, -0.15) is 0 Å². The van der Waals surface area contributed by atoms with Gasteiger partial charge in [0.05, 0.1) is 11.5 Å². The molecule has 1 aliphatic rings. The van der Waals surface area contributed by atoms with Crippen molar-refractivity contribution in [2.45, 2.75) is 24.4 Å². The van der Waals surface area contributed by atoms with Gasteiger partial charge in [-0.05, 0) is 36.6 Å². The summed E-state index contributed by atoms with van der Waals surface area (Å²) in [7, 11) is 0. The van der Waals surface area contributed by atoms with Crippen molar-refractivity contribution >= 4 is 17.6 Å². The van der Waals surface area contributed by atoms with Crippen LogP contribution in [0.3, 0.4) is 0 Å². The molecule has 1 saturated carbocycles. The first kappa shape index (κ1) is 11.4. The van der Waals surface area contributed by atoms with Crippen LogP contribution in [0.1, 0.15) is 18.4 Å².